The third-order valence-electron chi connectivity index (χ3n) is 1.76. The monoisotopic (exact) mass is 390 g/mol. The van der Waals surface area contributed by atoms with E-state index in [1.807, 2.05) is 24.3 Å². The van der Waals surface area contributed by atoms with Gasteiger partial charge in [-0.15, -0.1) is 0 Å². The number of sulfonamides is 1. The Morgan fingerprint density at radius 1 is 1.50 bits per heavy atom. The molecule has 0 aliphatic heterocycles. The van der Waals surface area contributed by atoms with E-state index in [2.05, 4.69) is 38.2 Å². The van der Waals surface area contributed by atoms with Crippen LogP contribution in [0.3, 0.4) is 0 Å². The van der Waals surface area contributed by atoms with Gasteiger partial charge < -0.3 is 0 Å². The summed E-state index contributed by atoms with van der Waals surface area (Å²) < 4.78 is 26.0. The summed E-state index contributed by atoms with van der Waals surface area (Å²) in [5.74, 6) is 0. The van der Waals surface area contributed by atoms with Crippen LogP contribution in [0.5, 0.6) is 0 Å². The van der Waals surface area contributed by atoms with Crippen molar-refractivity contribution in [1.29, 1.82) is 0 Å². The summed E-state index contributed by atoms with van der Waals surface area (Å²) in [6, 6.07) is 7.72. The Morgan fingerprint density at radius 3 is 2.69 bits per heavy atom. The van der Waals surface area contributed by atoms with Crippen molar-refractivity contribution in [2.75, 3.05) is 6.26 Å². The number of alkyl halides is 1. The quantitative estimate of drug-likeness (QED) is 0.446. The first kappa shape index (κ1) is 13.9. The molecule has 0 aromatic heterocycles. The number of nitrogens with zero attached hydrogens (tertiary/aromatic N) is 1. The molecule has 0 unspecified atom stereocenters. The molecule has 0 spiro atoms. The Hall–Kier alpha value is -0.187. The molecule has 6 heteroatoms. The summed E-state index contributed by atoms with van der Waals surface area (Å²) in [5.41, 5.74) is 2.04. The minimum absolute atomic E-state index is 0.712. The molecule has 1 aromatic rings. The average molecular weight is 391 g/mol. The summed E-state index contributed by atoms with van der Waals surface area (Å²) in [4.78, 5) is 0. The Labute approximate surface area is 113 Å². The first-order chi connectivity index (χ1) is 7.44. The van der Waals surface area contributed by atoms with Crippen LogP contribution in [0.15, 0.2) is 28.7 Å². The average Bonchev–Trinajstić information content (AvgIpc) is 2.25. The molecule has 0 saturated heterocycles. The van der Waals surface area contributed by atoms with Crippen LogP contribution >= 0.6 is 15.9 Å². The number of hydrogen-bond donors (Lipinski definition) is 0. The molecule has 0 saturated carbocycles. The van der Waals surface area contributed by atoms with Gasteiger partial charge in [-0.25, -0.2) is 0 Å². The van der Waals surface area contributed by atoms with Crippen LogP contribution in [-0.4, -0.2) is 25.0 Å². The third kappa shape index (κ3) is 4.36. The predicted molar refractivity (Wildman–Crippen MR) is 66.5 cm³/mol. The van der Waals surface area contributed by atoms with E-state index in [9.17, 15) is 8.42 Å². The first-order valence-electron chi connectivity index (χ1n) is 4.34. The first-order valence-corrected chi connectivity index (χ1v) is 8.12. The Bertz CT molecular complexity index is 525. The molecule has 1 rings (SSSR count). The van der Waals surface area contributed by atoms with Gasteiger partial charge in [-0.3, -0.25) is 0 Å². The van der Waals surface area contributed by atoms with Crippen LogP contribution in [-0.2, 0) is 33.2 Å². The van der Waals surface area contributed by atoms with E-state index >= 15 is 0 Å². The normalized spacial score (nSPS) is 11.9. The van der Waals surface area contributed by atoms with Crippen molar-refractivity contribution in [2.45, 2.75) is 5.33 Å². The second-order valence-corrected chi connectivity index (χ2v) is 6.20. The van der Waals surface area contributed by atoms with E-state index in [4.69, 9.17) is 0 Å². The van der Waals surface area contributed by atoms with Crippen molar-refractivity contribution in [3.05, 3.63) is 35.4 Å². The van der Waals surface area contributed by atoms with Gasteiger partial charge in [0.15, 0.2) is 0 Å². The summed E-state index contributed by atoms with van der Waals surface area (Å²) in [7, 11) is -3.33. The van der Waals surface area contributed by atoms with Gasteiger partial charge in [0.25, 0.3) is 0 Å². The second kappa shape index (κ2) is 5.94. The van der Waals surface area contributed by atoms with Gasteiger partial charge >= 0.3 is 114 Å². The standard InChI is InChI=1S/C10H10BrNO2S.Rh/c1-15(13,14)12-7-6-9-4-2-3-5-10(9)8-11;/h2-5,7H,8H2,1H3;/b12-7-;. The van der Waals surface area contributed by atoms with E-state index in [-0.39, 0.29) is 0 Å². The molecule has 0 atom stereocenters. The molecule has 89 valence electrons. The van der Waals surface area contributed by atoms with Crippen LogP contribution < -0.4 is 0 Å². The maximum atomic E-state index is 10.9. The Balaban J connectivity index is 3.02. The Morgan fingerprint density at radius 2 is 2.12 bits per heavy atom. The van der Waals surface area contributed by atoms with Crippen molar-refractivity contribution < 1.29 is 26.3 Å². The fourth-order valence-electron chi connectivity index (χ4n) is 1.07. The molecule has 0 bridgehead atoms. The van der Waals surface area contributed by atoms with Gasteiger partial charge in [0.2, 0.25) is 0 Å². The van der Waals surface area contributed by atoms with Crippen LogP contribution in [0.4, 0.5) is 0 Å². The van der Waals surface area contributed by atoms with E-state index in [1.165, 1.54) is 6.21 Å². The molecule has 16 heavy (non-hydrogen) atoms. The zero-order valence-electron chi connectivity index (χ0n) is 8.48. The second-order valence-electron chi connectivity index (χ2n) is 3.08. The number of rotatable bonds is 4. The van der Waals surface area contributed by atoms with Gasteiger partial charge in [-0.05, 0) is 0 Å². The third-order valence-corrected chi connectivity index (χ3v) is 3.50. The van der Waals surface area contributed by atoms with Gasteiger partial charge in [0.1, 0.15) is 0 Å². The van der Waals surface area contributed by atoms with Crippen molar-refractivity contribution in [3.63, 3.8) is 0 Å². The van der Waals surface area contributed by atoms with Crippen molar-refractivity contribution in [2.24, 2.45) is 4.40 Å². The van der Waals surface area contributed by atoms with E-state index in [0.717, 1.165) is 21.5 Å². The zero-order valence-corrected chi connectivity index (χ0v) is 12.5. The molecule has 0 amide bonds. The summed E-state index contributed by atoms with van der Waals surface area (Å²) in [5, 5.41) is 0.712. The van der Waals surface area contributed by atoms with E-state index in [1.54, 1.807) is 0 Å². The van der Waals surface area contributed by atoms with Crippen molar-refractivity contribution >= 4 is 36.3 Å². The van der Waals surface area contributed by atoms with Gasteiger partial charge in [0.05, 0.1) is 0 Å². The molecule has 3 nitrogen and oxygen atoms in total. The van der Waals surface area contributed by atoms with Gasteiger partial charge in [0, 0.05) is 0 Å². The van der Waals surface area contributed by atoms with Gasteiger partial charge in [-0.2, -0.15) is 0 Å². The molecular weight excluding hydrogens is 381 g/mol. The number of halogens is 1. The summed E-state index contributed by atoms with van der Waals surface area (Å²) in [6.07, 6.45) is 2.40. The zero-order chi connectivity index (χ0) is 12.2. The molecule has 0 aliphatic rings. The molecule has 0 N–H and O–H groups in total. The van der Waals surface area contributed by atoms with Crippen LogP contribution in [0.1, 0.15) is 11.1 Å². The van der Waals surface area contributed by atoms with Crippen LogP contribution in [0.2, 0.25) is 0 Å². The fraction of sp³-hybridized carbons (Fsp3) is 0.200. The van der Waals surface area contributed by atoms with E-state index < -0.39 is 10.0 Å². The van der Waals surface area contributed by atoms with E-state index in [0.29, 0.717) is 5.33 Å². The Kier molecular flexibility index (Phi) is 5.15. The predicted octanol–water partition coefficient (Wildman–Crippen LogP) is 1.68. The molecule has 0 fully saturated rings. The fourth-order valence-corrected chi connectivity index (χ4v) is 2.50. The van der Waals surface area contributed by atoms with Crippen molar-refractivity contribution in [1.82, 2.24) is 0 Å². The summed E-state index contributed by atoms with van der Waals surface area (Å²) >= 11 is 6.08. The SMILES string of the molecule is CS(=O)(=O)/N=C\[C](=[Rh])c1ccccc1CBr. The van der Waals surface area contributed by atoms with Crippen LogP contribution in [0, 0.1) is 0 Å². The molecule has 1 aromatic carbocycles. The van der Waals surface area contributed by atoms with Crippen LogP contribution in [0.25, 0.3) is 0 Å². The number of hydrogen-bond acceptors (Lipinski definition) is 2. The molecular formula is C10H10BrNO2RhS. The maximum absolute atomic E-state index is 10.9. The topological polar surface area (TPSA) is 46.5 Å². The minimum atomic E-state index is -3.33. The van der Waals surface area contributed by atoms with Crippen molar-refractivity contribution in [3.8, 4) is 0 Å². The number of benzene rings is 1. The summed E-state index contributed by atoms with van der Waals surface area (Å²) in [6.45, 7) is 0. The van der Waals surface area contributed by atoms with Gasteiger partial charge in [-0.1, -0.05) is 0 Å². The molecule has 0 radical (unpaired) electrons. The molecule has 0 aliphatic carbocycles. The molecule has 0 heterocycles.